The summed E-state index contributed by atoms with van der Waals surface area (Å²) in [5, 5.41) is 17.6. The molecule has 0 amide bonds. The summed E-state index contributed by atoms with van der Waals surface area (Å²) in [6.45, 7) is 1.58. The van der Waals surface area contributed by atoms with Gasteiger partial charge >= 0.3 is 5.97 Å². The van der Waals surface area contributed by atoms with E-state index in [1.54, 1.807) is 6.92 Å². The molecule has 17 heavy (non-hydrogen) atoms. The number of hydrogen-bond acceptors (Lipinski definition) is 4. The van der Waals surface area contributed by atoms with Gasteiger partial charge in [0, 0.05) is 6.42 Å². The molecular weight excluding hydrogens is 244 g/mol. The summed E-state index contributed by atoms with van der Waals surface area (Å²) in [6.07, 6.45) is -0.183. The molecule has 0 aliphatic rings. The van der Waals surface area contributed by atoms with Gasteiger partial charge in [-0.3, -0.25) is 4.79 Å². The van der Waals surface area contributed by atoms with E-state index in [2.05, 4.69) is 0 Å². The number of hydrogen-bond donors (Lipinski definition) is 2. The SMILES string of the molecule is CC(CC(=O)O)CS(=O)(=O)c1ccc(O)cc1. The lowest BCUT2D eigenvalue weighted by atomic mass is 10.1. The Kier molecular flexibility index (Phi) is 4.11. The zero-order chi connectivity index (χ0) is 13.1. The largest absolute Gasteiger partial charge is 0.508 e. The molecule has 0 saturated heterocycles. The lowest BCUT2D eigenvalue weighted by Crippen LogP contribution is -2.16. The van der Waals surface area contributed by atoms with Gasteiger partial charge in [-0.05, 0) is 30.2 Å². The van der Waals surface area contributed by atoms with Gasteiger partial charge in [-0.1, -0.05) is 6.92 Å². The zero-order valence-corrected chi connectivity index (χ0v) is 10.1. The molecule has 0 fully saturated rings. The highest BCUT2D eigenvalue weighted by atomic mass is 32.2. The summed E-state index contributed by atoms with van der Waals surface area (Å²) in [7, 11) is -3.50. The molecule has 1 aromatic carbocycles. The molecule has 94 valence electrons. The second-order valence-electron chi connectivity index (χ2n) is 3.98. The van der Waals surface area contributed by atoms with Gasteiger partial charge < -0.3 is 10.2 Å². The lowest BCUT2D eigenvalue weighted by molar-refractivity contribution is -0.137. The molecule has 2 N–H and O–H groups in total. The highest BCUT2D eigenvalue weighted by Gasteiger charge is 2.20. The molecule has 5 nitrogen and oxygen atoms in total. The van der Waals surface area contributed by atoms with Crippen molar-refractivity contribution in [2.24, 2.45) is 5.92 Å². The first-order valence-corrected chi connectivity index (χ1v) is 6.70. The number of aliphatic carboxylic acids is 1. The van der Waals surface area contributed by atoms with Crippen LogP contribution in [0, 0.1) is 5.92 Å². The number of aromatic hydroxyl groups is 1. The van der Waals surface area contributed by atoms with Crippen LogP contribution < -0.4 is 0 Å². The summed E-state index contributed by atoms with van der Waals surface area (Å²) in [6, 6.07) is 5.18. The molecular formula is C11H14O5S. The summed E-state index contributed by atoms with van der Waals surface area (Å²) >= 11 is 0. The number of benzene rings is 1. The minimum Gasteiger partial charge on any atom is -0.508 e. The average molecular weight is 258 g/mol. The van der Waals surface area contributed by atoms with Crippen molar-refractivity contribution in [2.75, 3.05) is 5.75 Å². The minimum absolute atomic E-state index is 0.0115. The average Bonchev–Trinajstić information content (AvgIpc) is 2.15. The van der Waals surface area contributed by atoms with Crippen LogP contribution in [0.25, 0.3) is 0 Å². The van der Waals surface area contributed by atoms with Crippen LogP contribution in [-0.2, 0) is 14.6 Å². The minimum atomic E-state index is -3.50. The molecule has 0 heterocycles. The second kappa shape index (κ2) is 5.18. The Labute approximate surface area is 99.6 Å². The van der Waals surface area contributed by atoms with E-state index in [1.165, 1.54) is 24.3 Å². The molecule has 1 unspecified atom stereocenters. The van der Waals surface area contributed by atoms with Crippen molar-refractivity contribution in [3.8, 4) is 5.75 Å². The van der Waals surface area contributed by atoms with Crippen LogP contribution in [0.5, 0.6) is 5.75 Å². The Morgan fingerprint density at radius 3 is 2.29 bits per heavy atom. The Hall–Kier alpha value is -1.56. The summed E-state index contributed by atoms with van der Waals surface area (Å²) in [4.78, 5) is 10.5. The highest BCUT2D eigenvalue weighted by molar-refractivity contribution is 7.91. The standard InChI is InChI=1S/C11H14O5S/c1-8(6-11(13)14)7-17(15,16)10-4-2-9(12)3-5-10/h2-5,8,12H,6-7H2,1H3,(H,13,14). The van der Waals surface area contributed by atoms with Gasteiger partial charge in [-0.25, -0.2) is 8.42 Å². The van der Waals surface area contributed by atoms with E-state index in [9.17, 15) is 13.2 Å². The van der Waals surface area contributed by atoms with Crippen LogP contribution in [0.4, 0.5) is 0 Å². The first-order valence-electron chi connectivity index (χ1n) is 5.05. The van der Waals surface area contributed by atoms with Gasteiger partial charge in [0.1, 0.15) is 5.75 Å². The van der Waals surface area contributed by atoms with E-state index in [4.69, 9.17) is 10.2 Å². The van der Waals surface area contributed by atoms with E-state index >= 15 is 0 Å². The van der Waals surface area contributed by atoms with Crippen molar-refractivity contribution in [3.63, 3.8) is 0 Å². The Balaban J connectivity index is 2.82. The third-order valence-electron chi connectivity index (χ3n) is 2.22. The van der Waals surface area contributed by atoms with Gasteiger partial charge in [-0.15, -0.1) is 0 Å². The molecule has 0 saturated carbocycles. The number of rotatable bonds is 5. The summed E-state index contributed by atoms with van der Waals surface area (Å²) in [5.74, 6) is -1.70. The Bertz CT molecular complexity index is 489. The molecule has 1 aromatic rings. The quantitative estimate of drug-likeness (QED) is 0.830. The molecule has 0 aliphatic heterocycles. The van der Waals surface area contributed by atoms with E-state index in [-0.39, 0.29) is 22.8 Å². The van der Waals surface area contributed by atoms with Crippen LogP contribution in [0.2, 0.25) is 0 Å². The first-order chi connectivity index (χ1) is 7.81. The van der Waals surface area contributed by atoms with E-state index < -0.39 is 21.7 Å². The van der Waals surface area contributed by atoms with E-state index in [0.717, 1.165) is 0 Å². The molecule has 0 spiro atoms. The lowest BCUT2D eigenvalue weighted by Gasteiger charge is -2.09. The monoisotopic (exact) mass is 258 g/mol. The van der Waals surface area contributed by atoms with Crippen molar-refractivity contribution in [2.45, 2.75) is 18.2 Å². The number of phenolic OH excluding ortho intramolecular Hbond substituents is 1. The molecule has 0 aromatic heterocycles. The number of carboxylic acids is 1. The molecule has 0 radical (unpaired) electrons. The van der Waals surface area contributed by atoms with Gasteiger partial charge in [0.05, 0.1) is 10.6 Å². The van der Waals surface area contributed by atoms with Crippen molar-refractivity contribution < 1.29 is 23.4 Å². The van der Waals surface area contributed by atoms with Crippen LogP contribution in [0.1, 0.15) is 13.3 Å². The number of carbonyl (C=O) groups is 1. The molecule has 1 rings (SSSR count). The maximum Gasteiger partial charge on any atom is 0.303 e. The van der Waals surface area contributed by atoms with Gasteiger partial charge in [-0.2, -0.15) is 0 Å². The fourth-order valence-electron chi connectivity index (χ4n) is 1.48. The molecule has 0 bridgehead atoms. The predicted octanol–water partition coefficient (Wildman–Crippen LogP) is 1.28. The molecule has 6 heteroatoms. The maximum atomic E-state index is 11.9. The fourth-order valence-corrected chi connectivity index (χ4v) is 3.09. The van der Waals surface area contributed by atoms with Crippen LogP contribution in [-0.4, -0.2) is 30.4 Å². The fraction of sp³-hybridized carbons (Fsp3) is 0.364. The second-order valence-corrected chi connectivity index (χ2v) is 6.01. The van der Waals surface area contributed by atoms with Crippen LogP contribution >= 0.6 is 0 Å². The van der Waals surface area contributed by atoms with Crippen LogP contribution in [0.15, 0.2) is 29.2 Å². The predicted molar refractivity (Wildman–Crippen MR) is 61.6 cm³/mol. The van der Waals surface area contributed by atoms with E-state index in [1.807, 2.05) is 0 Å². The first kappa shape index (κ1) is 13.5. The van der Waals surface area contributed by atoms with Gasteiger partial charge in [0.2, 0.25) is 0 Å². The number of carboxylic acid groups (broad SMARTS) is 1. The Morgan fingerprint density at radius 2 is 1.82 bits per heavy atom. The van der Waals surface area contributed by atoms with Gasteiger partial charge in [0.15, 0.2) is 9.84 Å². The summed E-state index contributed by atoms with van der Waals surface area (Å²) in [5.41, 5.74) is 0. The normalized spacial score (nSPS) is 13.2. The molecule has 1 atom stereocenters. The van der Waals surface area contributed by atoms with Crippen molar-refractivity contribution in [1.82, 2.24) is 0 Å². The highest BCUT2D eigenvalue weighted by Crippen LogP contribution is 2.18. The molecule has 0 aliphatic carbocycles. The summed E-state index contributed by atoms with van der Waals surface area (Å²) < 4.78 is 23.7. The number of phenols is 1. The zero-order valence-electron chi connectivity index (χ0n) is 9.33. The third kappa shape index (κ3) is 4.07. The van der Waals surface area contributed by atoms with Gasteiger partial charge in [0.25, 0.3) is 0 Å². The van der Waals surface area contributed by atoms with Crippen molar-refractivity contribution >= 4 is 15.8 Å². The Morgan fingerprint density at radius 1 is 1.29 bits per heavy atom. The number of sulfone groups is 1. The smallest absolute Gasteiger partial charge is 0.303 e. The third-order valence-corrected chi connectivity index (χ3v) is 4.22. The maximum absolute atomic E-state index is 11.9. The van der Waals surface area contributed by atoms with Crippen LogP contribution in [0.3, 0.4) is 0 Å². The topological polar surface area (TPSA) is 91.7 Å². The van der Waals surface area contributed by atoms with Crippen molar-refractivity contribution in [3.05, 3.63) is 24.3 Å². The van der Waals surface area contributed by atoms with E-state index in [0.29, 0.717) is 0 Å². The van der Waals surface area contributed by atoms with Crippen molar-refractivity contribution in [1.29, 1.82) is 0 Å².